The van der Waals surface area contributed by atoms with Crippen molar-refractivity contribution in [1.29, 1.82) is 0 Å². The van der Waals surface area contributed by atoms with Crippen molar-refractivity contribution in [1.82, 2.24) is 5.32 Å². The third kappa shape index (κ3) is 4.75. The Labute approximate surface area is 117 Å². The number of carbonyl (C=O) groups excluding carboxylic acids is 1. The topological polar surface area (TPSA) is 41.1 Å². The first kappa shape index (κ1) is 13.6. The summed E-state index contributed by atoms with van der Waals surface area (Å²) in [5.74, 6) is 0. The third-order valence-electron chi connectivity index (χ3n) is 2.84. The first-order chi connectivity index (χ1) is 9.24. The molecule has 2 amide bonds. The summed E-state index contributed by atoms with van der Waals surface area (Å²) >= 11 is 1.52. The third-order valence-corrected chi connectivity index (χ3v) is 3.63. The summed E-state index contributed by atoms with van der Waals surface area (Å²) in [5.41, 5.74) is 1.30. The van der Waals surface area contributed by atoms with Gasteiger partial charge in [-0.1, -0.05) is 30.3 Å². The Kier molecular flexibility index (Phi) is 4.98. The maximum absolute atomic E-state index is 11.7. The molecule has 3 nitrogen and oxygen atoms in total. The SMILES string of the molecule is CC(CCc1ccccc1)NC(=O)Nc1cccs1. The van der Waals surface area contributed by atoms with E-state index in [-0.39, 0.29) is 12.1 Å². The van der Waals surface area contributed by atoms with Crippen LogP contribution in [0.5, 0.6) is 0 Å². The van der Waals surface area contributed by atoms with Gasteiger partial charge in [-0.2, -0.15) is 0 Å². The van der Waals surface area contributed by atoms with Crippen molar-refractivity contribution < 1.29 is 4.79 Å². The first-order valence-corrected chi connectivity index (χ1v) is 7.27. The van der Waals surface area contributed by atoms with Gasteiger partial charge in [0.15, 0.2) is 0 Å². The molecule has 0 spiro atoms. The van der Waals surface area contributed by atoms with Crippen LogP contribution in [0.25, 0.3) is 0 Å². The number of aryl methyl sites for hydroxylation is 1. The average molecular weight is 274 g/mol. The molecular formula is C15H18N2OS. The monoisotopic (exact) mass is 274 g/mol. The molecule has 1 unspecified atom stereocenters. The number of carbonyl (C=O) groups is 1. The highest BCUT2D eigenvalue weighted by Gasteiger charge is 2.07. The van der Waals surface area contributed by atoms with Gasteiger partial charge in [0.25, 0.3) is 0 Å². The van der Waals surface area contributed by atoms with Gasteiger partial charge in [0, 0.05) is 6.04 Å². The molecule has 0 aliphatic carbocycles. The Morgan fingerprint density at radius 2 is 2.00 bits per heavy atom. The minimum atomic E-state index is -0.136. The van der Waals surface area contributed by atoms with Crippen molar-refractivity contribution in [2.75, 3.05) is 5.32 Å². The lowest BCUT2D eigenvalue weighted by Crippen LogP contribution is -2.36. The van der Waals surface area contributed by atoms with Gasteiger partial charge in [0.05, 0.1) is 5.00 Å². The van der Waals surface area contributed by atoms with E-state index in [1.165, 1.54) is 16.9 Å². The van der Waals surface area contributed by atoms with Gasteiger partial charge in [-0.25, -0.2) is 4.79 Å². The molecule has 0 saturated heterocycles. The molecule has 19 heavy (non-hydrogen) atoms. The van der Waals surface area contributed by atoms with E-state index in [1.807, 2.05) is 42.6 Å². The van der Waals surface area contributed by atoms with Gasteiger partial charge in [0.2, 0.25) is 0 Å². The molecule has 100 valence electrons. The zero-order chi connectivity index (χ0) is 13.5. The van der Waals surface area contributed by atoms with Gasteiger partial charge in [-0.15, -0.1) is 11.3 Å². The zero-order valence-corrected chi connectivity index (χ0v) is 11.7. The minimum Gasteiger partial charge on any atom is -0.335 e. The van der Waals surface area contributed by atoms with Crippen molar-refractivity contribution in [3.8, 4) is 0 Å². The summed E-state index contributed by atoms with van der Waals surface area (Å²) in [5, 5.41) is 8.57. The fraction of sp³-hybridized carbons (Fsp3) is 0.267. The molecule has 2 aromatic rings. The van der Waals surface area contributed by atoms with Crippen molar-refractivity contribution in [2.45, 2.75) is 25.8 Å². The predicted molar refractivity (Wildman–Crippen MR) is 80.7 cm³/mol. The van der Waals surface area contributed by atoms with E-state index in [0.717, 1.165) is 17.8 Å². The second-order valence-corrected chi connectivity index (χ2v) is 5.45. The lowest BCUT2D eigenvalue weighted by atomic mass is 10.1. The molecule has 0 aliphatic heterocycles. The van der Waals surface area contributed by atoms with Crippen LogP contribution in [0.2, 0.25) is 0 Å². The molecular weight excluding hydrogens is 256 g/mol. The Morgan fingerprint density at radius 1 is 1.21 bits per heavy atom. The number of nitrogens with one attached hydrogen (secondary N) is 2. The minimum absolute atomic E-state index is 0.136. The van der Waals surface area contributed by atoms with Gasteiger partial charge < -0.3 is 5.32 Å². The Balaban J connectivity index is 1.72. The van der Waals surface area contributed by atoms with Crippen LogP contribution < -0.4 is 10.6 Å². The molecule has 2 rings (SSSR count). The molecule has 1 aromatic carbocycles. The maximum Gasteiger partial charge on any atom is 0.320 e. The van der Waals surface area contributed by atoms with Gasteiger partial charge in [-0.05, 0) is 42.8 Å². The fourth-order valence-corrected chi connectivity index (χ4v) is 2.43. The molecule has 1 atom stereocenters. The van der Waals surface area contributed by atoms with Crippen molar-refractivity contribution in [3.63, 3.8) is 0 Å². The standard InChI is InChI=1S/C15H18N2OS/c1-12(9-10-13-6-3-2-4-7-13)16-15(18)17-14-8-5-11-19-14/h2-8,11-12H,9-10H2,1H3,(H2,16,17,18). The second-order valence-electron chi connectivity index (χ2n) is 4.50. The van der Waals surface area contributed by atoms with E-state index in [2.05, 4.69) is 22.8 Å². The number of hydrogen-bond donors (Lipinski definition) is 2. The van der Waals surface area contributed by atoms with Crippen LogP contribution in [-0.2, 0) is 6.42 Å². The predicted octanol–water partition coefficient (Wildman–Crippen LogP) is 3.89. The average Bonchev–Trinajstić information content (AvgIpc) is 2.90. The van der Waals surface area contributed by atoms with Crippen LogP contribution in [0.1, 0.15) is 18.9 Å². The largest absolute Gasteiger partial charge is 0.335 e. The van der Waals surface area contributed by atoms with E-state index in [9.17, 15) is 4.79 Å². The molecule has 0 fully saturated rings. The highest BCUT2D eigenvalue weighted by molar-refractivity contribution is 7.14. The van der Waals surface area contributed by atoms with Crippen LogP contribution in [0, 0.1) is 0 Å². The molecule has 1 aromatic heterocycles. The van der Waals surface area contributed by atoms with Crippen molar-refractivity contribution in [3.05, 3.63) is 53.4 Å². The molecule has 1 heterocycles. The Hall–Kier alpha value is -1.81. The molecule has 0 radical (unpaired) electrons. The van der Waals surface area contributed by atoms with E-state index in [4.69, 9.17) is 0 Å². The van der Waals surface area contributed by atoms with Crippen LogP contribution in [0.4, 0.5) is 9.80 Å². The van der Waals surface area contributed by atoms with Crippen molar-refractivity contribution >= 4 is 22.4 Å². The highest BCUT2D eigenvalue weighted by atomic mass is 32.1. The van der Waals surface area contributed by atoms with Crippen LogP contribution in [0.3, 0.4) is 0 Å². The lowest BCUT2D eigenvalue weighted by Gasteiger charge is -2.14. The van der Waals surface area contributed by atoms with Gasteiger partial charge in [-0.3, -0.25) is 5.32 Å². The van der Waals surface area contributed by atoms with E-state index >= 15 is 0 Å². The normalized spacial score (nSPS) is 11.8. The summed E-state index contributed by atoms with van der Waals surface area (Å²) in [6, 6.07) is 14.1. The Morgan fingerprint density at radius 3 is 2.68 bits per heavy atom. The van der Waals surface area contributed by atoms with Crippen LogP contribution in [-0.4, -0.2) is 12.1 Å². The summed E-state index contributed by atoms with van der Waals surface area (Å²) in [6.45, 7) is 2.02. The molecule has 0 bridgehead atoms. The van der Waals surface area contributed by atoms with Crippen molar-refractivity contribution in [2.24, 2.45) is 0 Å². The summed E-state index contributed by atoms with van der Waals surface area (Å²) in [6.07, 6.45) is 1.91. The second kappa shape index (κ2) is 6.95. The lowest BCUT2D eigenvalue weighted by molar-refractivity contribution is 0.248. The number of benzene rings is 1. The molecule has 0 saturated carbocycles. The zero-order valence-electron chi connectivity index (χ0n) is 10.9. The van der Waals surface area contributed by atoms with E-state index in [0.29, 0.717) is 0 Å². The number of hydrogen-bond acceptors (Lipinski definition) is 2. The molecule has 4 heteroatoms. The summed E-state index contributed by atoms with van der Waals surface area (Å²) in [7, 11) is 0. The summed E-state index contributed by atoms with van der Waals surface area (Å²) in [4.78, 5) is 11.7. The first-order valence-electron chi connectivity index (χ1n) is 6.39. The van der Waals surface area contributed by atoms with E-state index in [1.54, 1.807) is 0 Å². The summed E-state index contributed by atoms with van der Waals surface area (Å²) < 4.78 is 0. The fourth-order valence-electron chi connectivity index (χ4n) is 1.82. The Bertz CT molecular complexity index is 496. The number of rotatable bonds is 5. The molecule has 0 aliphatic rings. The van der Waals surface area contributed by atoms with E-state index < -0.39 is 0 Å². The highest BCUT2D eigenvalue weighted by Crippen LogP contribution is 2.14. The van der Waals surface area contributed by atoms with Gasteiger partial charge >= 0.3 is 6.03 Å². The maximum atomic E-state index is 11.7. The molecule has 2 N–H and O–H groups in total. The van der Waals surface area contributed by atoms with Crippen LogP contribution in [0.15, 0.2) is 47.8 Å². The number of anilines is 1. The quantitative estimate of drug-likeness (QED) is 0.853. The van der Waals surface area contributed by atoms with Gasteiger partial charge in [0.1, 0.15) is 0 Å². The number of amides is 2. The number of urea groups is 1. The smallest absolute Gasteiger partial charge is 0.320 e. The number of thiophene rings is 1. The van der Waals surface area contributed by atoms with Crippen LogP contribution >= 0.6 is 11.3 Å².